The van der Waals surface area contributed by atoms with Gasteiger partial charge in [0.2, 0.25) is 11.8 Å². The van der Waals surface area contributed by atoms with Crippen LogP contribution in [0.3, 0.4) is 0 Å². The van der Waals surface area contributed by atoms with Gasteiger partial charge in [-0.3, -0.25) is 9.59 Å². The first kappa shape index (κ1) is 10.1. The Morgan fingerprint density at radius 1 is 1.69 bits per heavy atom. The minimum atomic E-state index is -0.408. The van der Waals surface area contributed by atoms with Crippen molar-refractivity contribution in [3.8, 4) is 0 Å². The summed E-state index contributed by atoms with van der Waals surface area (Å²) in [6.07, 6.45) is 1.63. The van der Waals surface area contributed by atoms with Crippen LogP contribution in [0.1, 0.15) is 6.92 Å². The van der Waals surface area contributed by atoms with Crippen LogP contribution in [-0.4, -0.2) is 35.8 Å². The fourth-order valence-corrected chi connectivity index (χ4v) is 1.26. The van der Waals surface area contributed by atoms with E-state index in [1.165, 1.54) is 10.4 Å². The minimum Gasteiger partial charge on any atom is -0.345 e. The second kappa shape index (κ2) is 4.28. The van der Waals surface area contributed by atoms with Crippen molar-refractivity contribution in [1.82, 2.24) is 10.2 Å². The lowest BCUT2D eigenvalue weighted by Crippen LogP contribution is -2.57. The molecule has 0 aliphatic carbocycles. The number of nitrogens with zero attached hydrogens (tertiary/aromatic N) is 1. The molecule has 0 aromatic carbocycles. The van der Waals surface area contributed by atoms with Crippen LogP contribution in [-0.2, 0) is 9.59 Å². The van der Waals surface area contributed by atoms with Crippen molar-refractivity contribution in [3.63, 3.8) is 0 Å². The molecule has 2 amide bonds. The van der Waals surface area contributed by atoms with Crippen LogP contribution >= 0.6 is 11.6 Å². The Morgan fingerprint density at radius 3 is 3.00 bits per heavy atom. The third-order valence-corrected chi connectivity index (χ3v) is 2.15. The molecule has 5 heteroatoms. The number of carbonyl (C=O) groups excluding carboxylic acids is 2. The quantitative estimate of drug-likeness (QED) is 0.690. The number of rotatable bonds is 2. The summed E-state index contributed by atoms with van der Waals surface area (Å²) in [5.74, 6) is -0.204. The van der Waals surface area contributed by atoms with Crippen molar-refractivity contribution in [1.29, 1.82) is 0 Å². The SMILES string of the molecule is CC1C(=O)NCC(=O)N1C/C=C/Cl. The second-order valence-electron chi connectivity index (χ2n) is 2.80. The van der Waals surface area contributed by atoms with Gasteiger partial charge in [-0.25, -0.2) is 0 Å². The first-order valence-electron chi connectivity index (χ1n) is 3.99. The van der Waals surface area contributed by atoms with E-state index < -0.39 is 6.04 Å². The molecule has 4 nitrogen and oxygen atoms in total. The van der Waals surface area contributed by atoms with Crippen molar-refractivity contribution in [2.75, 3.05) is 13.1 Å². The fraction of sp³-hybridized carbons (Fsp3) is 0.500. The molecular formula is C8H11ClN2O2. The Hall–Kier alpha value is -1.03. The lowest BCUT2D eigenvalue weighted by molar-refractivity contribution is -0.144. The van der Waals surface area contributed by atoms with E-state index in [0.29, 0.717) is 6.54 Å². The van der Waals surface area contributed by atoms with Gasteiger partial charge < -0.3 is 10.2 Å². The summed E-state index contributed by atoms with van der Waals surface area (Å²) in [5, 5.41) is 2.50. The molecule has 1 atom stereocenters. The van der Waals surface area contributed by atoms with Gasteiger partial charge in [0.1, 0.15) is 6.04 Å². The van der Waals surface area contributed by atoms with Gasteiger partial charge in [0.05, 0.1) is 6.54 Å². The summed E-state index contributed by atoms with van der Waals surface area (Å²) in [6, 6.07) is -0.408. The van der Waals surface area contributed by atoms with Crippen molar-refractivity contribution in [2.24, 2.45) is 0 Å². The van der Waals surface area contributed by atoms with E-state index in [1.807, 2.05) is 0 Å². The Balaban J connectivity index is 2.66. The van der Waals surface area contributed by atoms with E-state index in [4.69, 9.17) is 11.6 Å². The van der Waals surface area contributed by atoms with Gasteiger partial charge in [-0.05, 0) is 6.92 Å². The Morgan fingerprint density at radius 2 is 2.38 bits per heavy atom. The van der Waals surface area contributed by atoms with Crippen LogP contribution in [0, 0.1) is 0 Å². The number of nitrogens with one attached hydrogen (secondary N) is 1. The molecule has 72 valence electrons. The summed E-state index contributed by atoms with van der Waals surface area (Å²) in [7, 11) is 0. The third kappa shape index (κ3) is 2.21. The van der Waals surface area contributed by atoms with Crippen molar-refractivity contribution >= 4 is 23.4 Å². The summed E-state index contributed by atoms with van der Waals surface area (Å²) in [6.45, 7) is 2.16. The summed E-state index contributed by atoms with van der Waals surface area (Å²) in [5.41, 5.74) is 1.34. The van der Waals surface area contributed by atoms with Crippen LogP contribution in [0.4, 0.5) is 0 Å². The Labute approximate surface area is 81.5 Å². The molecule has 0 aromatic heterocycles. The zero-order valence-corrected chi connectivity index (χ0v) is 8.04. The average molecular weight is 203 g/mol. The zero-order chi connectivity index (χ0) is 9.84. The monoisotopic (exact) mass is 202 g/mol. The molecule has 0 bridgehead atoms. The third-order valence-electron chi connectivity index (χ3n) is 1.97. The molecule has 0 radical (unpaired) electrons. The maximum atomic E-state index is 11.3. The van der Waals surface area contributed by atoms with Gasteiger partial charge >= 0.3 is 0 Å². The highest BCUT2D eigenvalue weighted by Gasteiger charge is 2.29. The van der Waals surface area contributed by atoms with Crippen molar-refractivity contribution in [3.05, 3.63) is 11.6 Å². The first-order valence-corrected chi connectivity index (χ1v) is 4.43. The highest BCUT2D eigenvalue weighted by Crippen LogP contribution is 2.04. The Bertz CT molecular complexity index is 253. The predicted molar refractivity (Wildman–Crippen MR) is 49.2 cm³/mol. The molecule has 1 N–H and O–H groups in total. The Kier molecular flexibility index (Phi) is 3.31. The smallest absolute Gasteiger partial charge is 0.242 e. The molecule has 1 heterocycles. The normalized spacial score (nSPS) is 23.8. The molecular weight excluding hydrogens is 192 g/mol. The predicted octanol–water partition coefficient (Wildman–Crippen LogP) is 0.0858. The average Bonchev–Trinajstić information content (AvgIpc) is 2.12. The number of hydrogen-bond donors (Lipinski definition) is 1. The van der Waals surface area contributed by atoms with E-state index in [0.717, 1.165) is 0 Å². The molecule has 1 unspecified atom stereocenters. The highest BCUT2D eigenvalue weighted by molar-refractivity contribution is 6.25. The van der Waals surface area contributed by atoms with E-state index in [-0.39, 0.29) is 18.4 Å². The van der Waals surface area contributed by atoms with Crippen molar-refractivity contribution < 1.29 is 9.59 Å². The number of hydrogen-bond acceptors (Lipinski definition) is 2. The van der Waals surface area contributed by atoms with E-state index in [9.17, 15) is 9.59 Å². The molecule has 1 saturated heterocycles. The van der Waals surface area contributed by atoms with E-state index in [2.05, 4.69) is 5.32 Å². The topological polar surface area (TPSA) is 49.4 Å². The molecule has 0 aromatic rings. The first-order chi connectivity index (χ1) is 6.16. The van der Waals surface area contributed by atoms with Gasteiger partial charge in [-0.2, -0.15) is 0 Å². The number of carbonyl (C=O) groups is 2. The van der Waals surface area contributed by atoms with Crippen LogP contribution < -0.4 is 5.32 Å². The molecule has 0 spiro atoms. The van der Waals surface area contributed by atoms with Gasteiger partial charge in [-0.15, -0.1) is 0 Å². The molecule has 1 fully saturated rings. The summed E-state index contributed by atoms with van der Waals surface area (Å²) >= 11 is 5.33. The molecule has 1 aliphatic heterocycles. The van der Waals surface area contributed by atoms with Crippen LogP contribution in [0.25, 0.3) is 0 Å². The van der Waals surface area contributed by atoms with Crippen molar-refractivity contribution in [2.45, 2.75) is 13.0 Å². The lowest BCUT2D eigenvalue weighted by atomic mass is 10.2. The minimum absolute atomic E-state index is 0.0816. The molecule has 13 heavy (non-hydrogen) atoms. The molecule has 1 rings (SSSR count). The van der Waals surface area contributed by atoms with Gasteiger partial charge in [-0.1, -0.05) is 17.7 Å². The largest absolute Gasteiger partial charge is 0.345 e. The number of amides is 2. The van der Waals surface area contributed by atoms with Gasteiger partial charge in [0.25, 0.3) is 0 Å². The van der Waals surface area contributed by atoms with E-state index in [1.54, 1.807) is 13.0 Å². The van der Waals surface area contributed by atoms with Crippen LogP contribution in [0.15, 0.2) is 11.6 Å². The lowest BCUT2D eigenvalue weighted by Gasteiger charge is -2.31. The van der Waals surface area contributed by atoms with Crippen LogP contribution in [0.5, 0.6) is 0 Å². The molecule has 1 aliphatic rings. The second-order valence-corrected chi connectivity index (χ2v) is 3.05. The standard InChI is InChI=1S/C8H11ClN2O2/c1-6-8(13)10-5-7(12)11(6)4-2-3-9/h2-3,6H,4-5H2,1H3,(H,10,13)/b3-2+. The summed E-state index contributed by atoms with van der Waals surface area (Å²) < 4.78 is 0. The maximum absolute atomic E-state index is 11.3. The fourth-order valence-electron chi connectivity index (χ4n) is 1.18. The number of halogens is 1. The maximum Gasteiger partial charge on any atom is 0.242 e. The van der Waals surface area contributed by atoms with Gasteiger partial charge in [0.15, 0.2) is 0 Å². The highest BCUT2D eigenvalue weighted by atomic mass is 35.5. The number of piperazine rings is 1. The molecule has 0 saturated carbocycles. The summed E-state index contributed by atoms with van der Waals surface area (Å²) in [4.78, 5) is 23.9. The van der Waals surface area contributed by atoms with Gasteiger partial charge in [0, 0.05) is 12.1 Å². The van der Waals surface area contributed by atoms with E-state index >= 15 is 0 Å². The van der Waals surface area contributed by atoms with Crippen LogP contribution in [0.2, 0.25) is 0 Å². The zero-order valence-electron chi connectivity index (χ0n) is 7.29.